The van der Waals surface area contributed by atoms with E-state index in [2.05, 4.69) is 10.3 Å². The molecule has 20 heavy (non-hydrogen) atoms. The van der Waals surface area contributed by atoms with Crippen molar-refractivity contribution in [3.63, 3.8) is 0 Å². The molecule has 2 rings (SSSR count). The molecule has 108 valence electrons. The first-order chi connectivity index (χ1) is 9.44. The summed E-state index contributed by atoms with van der Waals surface area (Å²) in [4.78, 5) is 4.40. The quantitative estimate of drug-likeness (QED) is 0.907. The largest absolute Gasteiger partial charge is 0.353 e. The molecule has 1 aromatic heterocycles. The molecule has 1 heterocycles. The highest BCUT2D eigenvalue weighted by molar-refractivity contribution is 5.30. The maximum Gasteiger partial charge on any atom is 0.203 e. The molecule has 0 aliphatic heterocycles. The monoisotopic (exact) mass is 279 g/mol. The Morgan fingerprint density at radius 1 is 1.20 bits per heavy atom. The number of anilines is 1. The summed E-state index contributed by atoms with van der Waals surface area (Å²) in [6, 6.07) is 3.89. The van der Waals surface area contributed by atoms with Crippen molar-refractivity contribution in [2.75, 3.05) is 5.32 Å². The average Bonchev–Trinajstić information content (AvgIpc) is 2.64. The summed E-state index contributed by atoms with van der Waals surface area (Å²) in [6.07, 6.45) is 2.48. The Morgan fingerprint density at radius 2 is 1.85 bits per heavy atom. The topological polar surface area (TPSA) is 29.9 Å². The van der Waals surface area contributed by atoms with Gasteiger partial charge >= 0.3 is 0 Å². The minimum absolute atomic E-state index is 0.280. The number of benzene rings is 1. The third-order valence-electron chi connectivity index (χ3n) is 2.88. The van der Waals surface area contributed by atoms with Crippen molar-refractivity contribution in [1.29, 1.82) is 0 Å². The van der Waals surface area contributed by atoms with Crippen LogP contribution in [-0.2, 0) is 13.0 Å². The van der Waals surface area contributed by atoms with Crippen molar-refractivity contribution < 1.29 is 8.78 Å². The highest BCUT2D eigenvalue weighted by atomic mass is 19.1. The summed E-state index contributed by atoms with van der Waals surface area (Å²) >= 11 is 0. The molecule has 1 aromatic carbocycles. The van der Waals surface area contributed by atoms with Gasteiger partial charge in [-0.05, 0) is 44.9 Å². The van der Waals surface area contributed by atoms with Crippen LogP contribution in [0.5, 0.6) is 0 Å². The summed E-state index contributed by atoms with van der Waals surface area (Å²) < 4.78 is 28.2. The number of nitrogens with one attached hydrogen (secondary N) is 1. The van der Waals surface area contributed by atoms with E-state index in [4.69, 9.17) is 0 Å². The first-order valence-corrected chi connectivity index (χ1v) is 6.69. The molecule has 0 saturated carbocycles. The molecule has 0 aliphatic rings. The van der Waals surface area contributed by atoms with Crippen LogP contribution in [0, 0.1) is 18.6 Å². The Bertz CT molecular complexity index is 571. The zero-order valence-electron chi connectivity index (χ0n) is 12.0. The highest BCUT2D eigenvalue weighted by Gasteiger charge is 2.07. The predicted molar refractivity (Wildman–Crippen MR) is 75.8 cm³/mol. The van der Waals surface area contributed by atoms with Gasteiger partial charge in [0.25, 0.3) is 0 Å². The lowest BCUT2D eigenvalue weighted by atomic mass is 10.1. The maximum atomic E-state index is 13.1. The van der Waals surface area contributed by atoms with Crippen LogP contribution in [0.25, 0.3) is 0 Å². The summed E-state index contributed by atoms with van der Waals surface area (Å²) in [5.41, 5.74) is 1.56. The first-order valence-electron chi connectivity index (χ1n) is 6.69. The van der Waals surface area contributed by atoms with Crippen LogP contribution in [-0.4, -0.2) is 15.6 Å². The number of aromatic nitrogens is 2. The van der Waals surface area contributed by atoms with Gasteiger partial charge in [0.2, 0.25) is 5.95 Å². The van der Waals surface area contributed by atoms with E-state index in [1.165, 1.54) is 12.1 Å². The zero-order chi connectivity index (χ0) is 14.7. The van der Waals surface area contributed by atoms with Crippen molar-refractivity contribution in [1.82, 2.24) is 9.55 Å². The zero-order valence-corrected chi connectivity index (χ0v) is 12.0. The van der Waals surface area contributed by atoms with Gasteiger partial charge < -0.3 is 9.88 Å². The van der Waals surface area contributed by atoms with E-state index in [9.17, 15) is 8.78 Å². The second-order valence-corrected chi connectivity index (χ2v) is 5.23. The number of rotatable bonds is 5. The van der Waals surface area contributed by atoms with Crippen LogP contribution < -0.4 is 5.32 Å². The Kier molecular flexibility index (Phi) is 4.37. The van der Waals surface area contributed by atoms with Crippen molar-refractivity contribution in [3.05, 3.63) is 47.3 Å². The van der Waals surface area contributed by atoms with Crippen LogP contribution in [0.4, 0.5) is 14.7 Å². The predicted octanol–water partition coefficient (Wildman–Crippen LogP) is 3.53. The fourth-order valence-electron chi connectivity index (χ4n) is 2.10. The molecular weight excluding hydrogens is 260 g/mol. The molecule has 0 radical (unpaired) electrons. The van der Waals surface area contributed by atoms with Gasteiger partial charge in [-0.2, -0.15) is 0 Å². The molecular formula is C15H19F2N3. The van der Waals surface area contributed by atoms with Crippen LogP contribution in [0.15, 0.2) is 24.4 Å². The first kappa shape index (κ1) is 14.5. The highest BCUT2D eigenvalue weighted by Crippen LogP contribution is 2.13. The summed E-state index contributed by atoms with van der Waals surface area (Å²) in [6.45, 7) is 6.62. The van der Waals surface area contributed by atoms with E-state index in [-0.39, 0.29) is 6.04 Å². The maximum absolute atomic E-state index is 13.1. The second-order valence-electron chi connectivity index (χ2n) is 5.23. The van der Waals surface area contributed by atoms with Gasteiger partial charge in [0.1, 0.15) is 11.6 Å². The Balaban J connectivity index is 2.10. The van der Waals surface area contributed by atoms with Gasteiger partial charge in [-0.15, -0.1) is 0 Å². The van der Waals surface area contributed by atoms with E-state index in [0.717, 1.165) is 17.7 Å². The van der Waals surface area contributed by atoms with Crippen LogP contribution >= 0.6 is 0 Å². The third kappa shape index (κ3) is 3.79. The number of hydrogen-bond acceptors (Lipinski definition) is 2. The van der Waals surface area contributed by atoms with Gasteiger partial charge in [-0.3, -0.25) is 0 Å². The Hall–Kier alpha value is -1.91. The summed E-state index contributed by atoms with van der Waals surface area (Å²) in [7, 11) is 0. The molecule has 0 spiro atoms. The molecule has 0 fully saturated rings. The third-order valence-corrected chi connectivity index (χ3v) is 2.88. The average molecular weight is 279 g/mol. The molecule has 0 amide bonds. The van der Waals surface area contributed by atoms with E-state index >= 15 is 0 Å². The fourth-order valence-corrected chi connectivity index (χ4v) is 2.10. The normalized spacial score (nSPS) is 11.1. The number of halogens is 2. The lowest BCUT2D eigenvalue weighted by Gasteiger charge is -2.12. The SMILES string of the molecule is Cc1cn(CCc2cc(F)cc(F)c2)c(NC(C)C)n1. The molecule has 2 aromatic rings. The summed E-state index contributed by atoms with van der Waals surface area (Å²) in [5, 5.41) is 3.26. The van der Waals surface area contributed by atoms with Crippen molar-refractivity contribution >= 4 is 5.95 Å². The number of imidazole rings is 1. The smallest absolute Gasteiger partial charge is 0.203 e. The number of aryl methyl sites for hydroxylation is 3. The van der Waals surface area contributed by atoms with Gasteiger partial charge in [-0.1, -0.05) is 0 Å². The van der Waals surface area contributed by atoms with E-state index in [1.807, 2.05) is 31.5 Å². The molecule has 0 aliphatic carbocycles. The van der Waals surface area contributed by atoms with Crippen LogP contribution in [0.2, 0.25) is 0 Å². The molecule has 3 nitrogen and oxygen atoms in total. The minimum Gasteiger partial charge on any atom is -0.353 e. The molecule has 5 heteroatoms. The molecule has 0 atom stereocenters. The van der Waals surface area contributed by atoms with Crippen molar-refractivity contribution in [2.24, 2.45) is 0 Å². The molecule has 1 N–H and O–H groups in total. The molecule has 0 unspecified atom stereocenters. The number of hydrogen-bond donors (Lipinski definition) is 1. The number of nitrogens with zero attached hydrogens (tertiary/aromatic N) is 2. The van der Waals surface area contributed by atoms with Crippen molar-refractivity contribution in [3.8, 4) is 0 Å². The Labute approximate surface area is 117 Å². The minimum atomic E-state index is -0.539. The second kappa shape index (κ2) is 6.03. The standard InChI is InChI=1S/C15H19F2N3/c1-10(2)18-15-19-11(3)9-20(15)5-4-12-6-13(16)8-14(17)7-12/h6-10H,4-5H2,1-3H3,(H,18,19). The summed E-state index contributed by atoms with van der Waals surface area (Å²) in [5.74, 6) is -0.293. The van der Waals surface area contributed by atoms with Crippen LogP contribution in [0.1, 0.15) is 25.1 Å². The van der Waals surface area contributed by atoms with E-state index < -0.39 is 11.6 Å². The van der Waals surface area contributed by atoms with Gasteiger partial charge in [-0.25, -0.2) is 13.8 Å². The van der Waals surface area contributed by atoms with Gasteiger partial charge in [0, 0.05) is 24.8 Å². The Morgan fingerprint density at radius 3 is 2.45 bits per heavy atom. The van der Waals surface area contributed by atoms with E-state index in [1.54, 1.807) is 0 Å². The van der Waals surface area contributed by atoms with Crippen LogP contribution in [0.3, 0.4) is 0 Å². The fraction of sp³-hybridized carbons (Fsp3) is 0.400. The molecule has 0 saturated heterocycles. The lowest BCUT2D eigenvalue weighted by Crippen LogP contribution is -2.15. The van der Waals surface area contributed by atoms with Gasteiger partial charge in [0.05, 0.1) is 5.69 Å². The molecule has 0 bridgehead atoms. The van der Waals surface area contributed by atoms with Gasteiger partial charge in [0.15, 0.2) is 0 Å². The van der Waals surface area contributed by atoms with E-state index in [0.29, 0.717) is 18.5 Å². The lowest BCUT2D eigenvalue weighted by molar-refractivity contribution is 0.576. The van der Waals surface area contributed by atoms with Crippen molar-refractivity contribution in [2.45, 2.75) is 39.8 Å².